The summed E-state index contributed by atoms with van der Waals surface area (Å²) in [6.45, 7) is 3.67. The first-order chi connectivity index (χ1) is 8.54. The summed E-state index contributed by atoms with van der Waals surface area (Å²) in [6, 6.07) is 5.50. The summed E-state index contributed by atoms with van der Waals surface area (Å²) in [6.07, 6.45) is 0. The first kappa shape index (κ1) is 13.1. The fourth-order valence-corrected chi connectivity index (χ4v) is 2.32. The molecule has 0 unspecified atom stereocenters. The molecule has 2 rings (SSSR count). The fourth-order valence-electron chi connectivity index (χ4n) is 1.83. The van der Waals surface area contributed by atoms with Gasteiger partial charge < -0.3 is 9.72 Å². The number of hydrogen-bond acceptors (Lipinski definition) is 3. The van der Waals surface area contributed by atoms with Gasteiger partial charge in [-0.3, -0.25) is 4.79 Å². The summed E-state index contributed by atoms with van der Waals surface area (Å²) in [7, 11) is 0. The summed E-state index contributed by atoms with van der Waals surface area (Å²) in [5.74, 6) is -0.572. The van der Waals surface area contributed by atoms with E-state index in [1.165, 1.54) is 0 Å². The number of nitrogens with one attached hydrogen (secondary N) is 1. The van der Waals surface area contributed by atoms with Crippen molar-refractivity contribution >= 4 is 39.5 Å². The highest BCUT2D eigenvalue weighted by molar-refractivity contribution is 14.1. The summed E-state index contributed by atoms with van der Waals surface area (Å²) >= 11 is 2.13. The molecule has 5 heteroatoms. The van der Waals surface area contributed by atoms with Gasteiger partial charge in [0.1, 0.15) is 5.56 Å². The highest BCUT2D eigenvalue weighted by Crippen LogP contribution is 2.15. The Morgan fingerprint density at radius 2 is 2.17 bits per heavy atom. The SMILES string of the molecule is CCOC(=O)c1c(C)[nH]c2ccc(I)cc2c1=O. The van der Waals surface area contributed by atoms with Crippen LogP contribution < -0.4 is 5.43 Å². The Morgan fingerprint density at radius 3 is 2.83 bits per heavy atom. The van der Waals surface area contributed by atoms with Crippen molar-refractivity contribution in [3.63, 3.8) is 0 Å². The predicted molar refractivity (Wildman–Crippen MR) is 78.0 cm³/mol. The molecule has 0 aliphatic heterocycles. The van der Waals surface area contributed by atoms with Crippen molar-refractivity contribution in [1.29, 1.82) is 0 Å². The van der Waals surface area contributed by atoms with Gasteiger partial charge in [-0.2, -0.15) is 0 Å². The summed E-state index contributed by atoms with van der Waals surface area (Å²) in [5, 5.41) is 0.510. The molecular weight excluding hydrogens is 345 g/mol. The van der Waals surface area contributed by atoms with Crippen LogP contribution in [-0.4, -0.2) is 17.6 Å². The first-order valence-corrected chi connectivity index (χ1v) is 6.61. The lowest BCUT2D eigenvalue weighted by atomic mass is 10.1. The Bertz CT molecular complexity index is 676. The minimum absolute atomic E-state index is 0.0892. The monoisotopic (exact) mass is 357 g/mol. The number of benzene rings is 1. The molecular formula is C13H12INO3. The van der Waals surface area contributed by atoms with Crippen LogP contribution in [0.15, 0.2) is 23.0 Å². The standard InChI is InChI=1S/C13H12INO3/c1-3-18-13(17)11-7(2)15-10-5-4-8(14)6-9(10)12(11)16/h4-6H,3H2,1-2H3,(H,15,16). The van der Waals surface area contributed by atoms with Gasteiger partial charge in [-0.1, -0.05) is 0 Å². The van der Waals surface area contributed by atoms with Crippen LogP contribution in [0.25, 0.3) is 10.9 Å². The third kappa shape index (κ3) is 2.27. The number of pyridine rings is 1. The summed E-state index contributed by atoms with van der Waals surface area (Å²) < 4.78 is 5.86. The Kier molecular flexibility index (Phi) is 3.70. The molecule has 0 amide bonds. The van der Waals surface area contributed by atoms with Crippen molar-refractivity contribution in [2.24, 2.45) is 0 Å². The first-order valence-electron chi connectivity index (χ1n) is 5.54. The predicted octanol–water partition coefficient (Wildman–Crippen LogP) is 2.62. The number of carbonyl (C=O) groups is 1. The van der Waals surface area contributed by atoms with E-state index in [4.69, 9.17) is 4.74 Å². The van der Waals surface area contributed by atoms with Gasteiger partial charge in [0.2, 0.25) is 5.43 Å². The van der Waals surface area contributed by atoms with Gasteiger partial charge >= 0.3 is 5.97 Å². The summed E-state index contributed by atoms with van der Waals surface area (Å²) in [4.78, 5) is 27.1. The number of ether oxygens (including phenoxy) is 1. The number of aromatic amines is 1. The zero-order valence-electron chi connectivity index (χ0n) is 10.0. The fraction of sp³-hybridized carbons (Fsp3) is 0.231. The Balaban J connectivity index is 2.75. The third-order valence-corrected chi connectivity index (χ3v) is 3.30. The van der Waals surface area contributed by atoms with Gasteiger partial charge in [-0.25, -0.2) is 4.79 Å². The molecule has 2 aromatic rings. The van der Waals surface area contributed by atoms with Crippen molar-refractivity contribution in [3.8, 4) is 0 Å². The van der Waals surface area contributed by atoms with E-state index in [-0.39, 0.29) is 17.6 Å². The average molecular weight is 357 g/mol. The highest BCUT2D eigenvalue weighted by atomic mass is 127. The molecule has 0 saturated heterocycles. The lowest BCUT2D eigenvalue weighted by molar-refractivity contribution is 0.0524. The number of fused-ring (bicyclic) bond motifs is 1. The average Bonchev–Trinajstić information content (AvgIpc) is 2.31. The van der Waals surface area contributed by atoms with Crippen molar-refractivity contribution in [1.82, 2.24) is 4.98 Å². The molecule has 94 valence electrons. The quantitative estimate of drug-likeness (QED) is 0.664. The molecule has 0 bridgehead atoms. The molecule has 0 spiro atoms. The van der Waals surface area contributed by atoms with Gasteiger partial charge in [-0.05, 0) is 54.6 Å². The Labute approximate surface area is 117 Å². The number of rotatable bonds is 2. The third-order valence-electron chi connectivity index (χ3n) is 2.63. The van der Waals surface area contributed by atoms with Crippen LogP contribution in [-0.2, 0) is 4.74 Å². The Morgan fingerprint density at radius 1 is 1.44 bits per heavy atom. The number of aromatic nitrogens is 1. The maximum Gasteiger partial charge on any atom is 0.343 e. The number of carbonyl (C=O) groups excluding carboxylic acids is 1. The minimum Gasteiger partial charge on any atom is -0.462 e. The molecule has 18 heavy (non-hydrogen) atoms. The van der Waals surface area contributed by atoms with E-state index in [0.29, 0.717) is 11.1 Å². The summed E-state index contributed by atoms with van der Waals surface area (Å²) in [5.41, 5.74) is 1.07. The zero-order chi connectivity index (χ0) is 13.3. The number of halogens is 1. The molecule has 0 aliphatic rings. The minimum atomic E-state index is -0.572. The lowest BCUT2D eigenvalue weighted by Crippen LogP contribution is -2.20. The molecule has 0 fully saturated rings. The van der Waals surface area contributed by atoms with E-state index < -0.39 is 5.97 Å². The van der Waals surface area contributed by atoms with E-state index in [2.05, 4.69) is 27.6 Å². The zero-order valence-corrected chi connectivity index (χ0v) is 12.2. The smallest absolute Gasteiger partial charge is 0.343 e. The molecule has 1 aromatic heterocycles. The van der Waals surface area contributed by atoms with Gasteiger partial charge in [0, 0.05) is 20.2 Å². The van der Waals surface area contributed by atoms with Gasteiger partial charge in [-0.15, -0.1) is 0 Å². The van der Waals surface area contributed by atoms with Crippen LogP contribution in [0.5, 0.6) is 0 Å². The molecule has 0 saturated carbocycles. The van der Waals surface area contributed by atoms with E-state index in [1.807, 2.05) is 12.1 Å². The van der Waals surface area contributed by atoms with E-state index in [0.717, 1.165) is 9.09 Å². The maximum absolute atomic E-state index is 12.3. The second-order valence-electron chi connectivity index (χ2n) is 3.86. The highest BCUT2D eigenvalue weighted by Gasteiger charge is 2.17. The van der Waals surface area contributed by atoms with Crippen LogP contribution in [0.2, 0.25) is 0 Å². The largest absolute Gasteiger partial charge is 0.462 e. The molecule has 0 aliphatic carbocycles. The number of esters is 1. The van der Waals surface area contributed by atoms with E-state index >= 15 is 0 Å². The topological polar surface area (TPSA) is 59.2 Å². The van der Waals surface area contributed by atoms with E-state index in [1.54, 1.807) is 19.9 Å². The van der Waals surface area contributed by atoms with Crippen molar-refractivity contribution in [3.05, 3.63) is 43.2 Å². The van der Waals surface area contributed by atoms with Gasteiger partial charge in [0.05, 0.1) is 6.61 Å². The van der Waals surface area contributed by atoms with Crippen LogP contribution in [0, 0.1) is 10.5 Å². The molecule has 1 aromatic carbocycles. The lowest BCUT2D eigenvalue weighted by Gasteiger charge is -2.07. The number of H-pyrrole nitrogens is 1. The normalized spacial score (nSPS) is 10.6. The maximum atomic E-state index is 12.3. The molecule has 1 N–H and O–H groups in total. The molecule has 0 radical (unpaired) electrons. The van der Waals surface area contributed by atoms with Crippen LogP contribution >= 0.6 is 22.6 Å². The van der Waals surface area contributed by atoms with Crippen LogP contribution in [0.4, 0.5) is 0 Å². The second-order valence-corrected chi connectivity index (χ2v) is 5.11. The molecule has 0 atom stereocenters. The van der Waals surface area contributed by atoms with Crippen LogP contribution in [0.1, 0.15) is 23.0 Å². The Hall–Kier alpha value is -1.37. The van der Waals surface area contributed by atoms with Gasteiger partial charge in [0.25, 0.3) is 0 Å². The van der Waals surface area contributed by atoms with Crippen molar-refractivity contribution < 1.29 is 9.53 Å². The second kappa shape index (κ2) is 5.09. The van der Waals surface area contributed by atoms with Crippen molar-refractivity contribution in [2.75, 3.05) is 6.61 Å². The van der Waals surface area contributed by atoms with Crippen molar-refractivity contribution in [2.45, 2.75) is 13.8 Å². The molecule has 4 nitrogen and oxygen atoms in total. The number of hydrogen-bond donors (Lipinski definition) is 1. The van der Waals surface area contributed by atoms with Gasteiger partial charge in [0.15, 0.2) is 0 Å². The van der Waals surface area contributed by atoms with E-state index in [9.17, 15) is 9.59 Å². The molecule has 1 heterocycles. The number of aryl methyl sites for hydroxylation is 1. The van der Waals surface area contributed by atoms with Crippen LogP contribution in [0.3, 0.4) is 0 Å².